The number of rotatable bonds is 1. The molecule has 0 aliphatic heterocycles. The molecule has 0 heterocycles. The number of hydrogen-bond donors (Lipinski definition) is 0. The highest BCUT2D eigenvalue weighted by atomic mass is 32.2. The average Bonchev–Trinajstić information content (AvgIpc) is 1.62. The van der Waals surface area contributed by atoms with Crippen molar-refractivity contribution in [2.45, 2.75) is 5.51 Å². The third-order valence-corrected chi connectivity index (χ3v) is 0.815. The van der Waals surface area contributed by atoms with Gasteiger partial charge in [0.1, 0.15) is 6.33 Å². The summed E-state index contributed by atoms with van der Waals surface area (Å²) in [6.07, 6.45) is -0.738. The molecule has 0 aromatic carbocycles. The molecular weight excluding hydrogens is 163 g/mol. The van der Waals surface area contributed by atoms with Crippen molar-refractivity contribution in [1.82, 2.24) is 0 Å². The number of thioether (sulfide) groups is 1. The van der Waals surface area contributed by atoms with Crippen LogP contribution < -0.4 is 0 Å². The summed E-state index contributed by atoms with van der Waals surface area (Å²) in [6, 6.07) is 0. The van der Waals surface area contributed by atoms with Gasteiger partial charge in [0, 0.05) is 11.8 Å². The summed E-state index contributed by atoms with van der Waals surface area (Å²) in [7, 11) is 0. The second-order valence-electron chi connectivity index (χ2n) is 0.961. The maximum absolute atomic E-state index is 11.4. The Bertz CT molecular complexity index is 114. The normalized spacial score (nSPS) is 14.1. The Hall–Kier alpha value is -0.260. The van der Waals surface area contributed by atoms with E-state index < -0.39 is 28.8 Å². The van der Waals surface area contributed by atoms with Gasteiger partial charge in [-0.3, -0.25) is 0 Å². The molecule has 0 aromatic heterocycles. The summed E-state index contributed by atoms with van der Waals surface area (Å²) < 4.78 is 55.2. The fourth-order valence-corrected chi connectivity index (χ4v) is 0.398. The lowest BCUT2D eigenvalue weighted by molar-refractivity contribution is -0.0325. The average molecular weight is 164 g/mol. The third-order valence-electron chi connectivity index (χ3n) is 0.299. The van der Waals surface area contributed by atoms with Gasteiger partial charge in [-0.05, 0) is 0 Å². The molecule has 0 aromatic rings. The van der Waals surface area contributed by atoms with E-state index in [2.05, 4.69) is 0 Å². The Balaban J connectivity index is 3.75. The van der Waals surface area contributed by atoms with E-state index in [4.69, 9.17) is 0 Å². The van der Waals surface area contributed by atoms with E-state index in [1.807, 2.05) is 0 Å². The Morgan fingerprint density at radius 2 is 1.78 bits per heavy atom. The van der Waals surface area contributed by atoms with Crippen molar-refractivity contribution < 1.29 is 22.0 Å². The maximum Gasteiger partial charge on any atom is 0.448 e. The van der Waals surface area contributed by atoms with Gasteiger partial charge in [0.25, 0.3) is 0 Å². The van der Waals surface area contributed by atoms with Gasteiger partial charge >= 0.3 is 5.51 Å². The molecule has 0 spiro atoms. The van der Waals surface area contributed by atoms with Crippen LogP contribution in [0.5, 0.6) is 0 Å². The second-order valence-corrected chi connectivity index (χ2v) is 2.02. The van der Waals surface area contributed by atoms with Crippen molar-refractivity contribution in [2.75, 3.05) is 0 Å². The molecule has 0 N–H and O–H groups in total. The van der Waals surface area contributed by atoms with E-state index in [1.54, 1.807) is 0 Å². The lowest BCUT2D eigenvalue weighted by Crippen LogP contribution is -1.98. The van der Waals surface area contributed by atoms with Crippen LogP contribution in [0.2, 0.25) is 0 Å². The van der Waals surface area contributed by atoms with Crippen LogP contribution in [0.25, 0.3) is 0 Å². The number of hydrogen-bond acceptors (Lipinski definition) is 1. The first kappa shape index (κ1) is 8.74. The monoisotopic (exact) mass is 164 g/mol. The molecule has 0 radical (unpaired) electrons. The minimum Gasteiger partial charge on any atom is -0.212 e. The van der Waals surface area contributed by atoms with Crippen molar-refractivity contribution >= 4 is 11.8 Å². The van der Waals surface area contributed by atoms with Gasteiger partial charge in [-0.2, -0.15) is 17.6 Å². The van der Waals surface area contributed by atoms with E-state index >= 15 is 0 Å². The molecule has 0 aliphatic carbocycles. The molecule has 0 amide bonds. The summed E-state index contributed by atoms with van der Waals surface area (Å²) in [5, 5.41) is -1.89. The molecule has 0 saturated heterocycles. The summed E-state index contributed by atoms with van der Waals surface area (Å²) in [5.41, 5.74) is -4.74. The highest BCUT2D eigenvalue weighted by molar-refractivity contribution is 8.03. The minimum atomic E-state index is -4.74. The second kappa shape index (κ2) is 3.05. The van der Waals surface area contributed by atoms with Gasteiger partial charge in [0.15, 0.2) is 5.16 Å². The smallest absolute Gasteiger partial charge is 0.212 e. The standard InChI is InChI=1S/C3HF5S/c4-1-2(5)9-3(6,7)8/h1H. The molecule has 6 heteroatoms. The number of halogens is 5. The first-order valence-electron chi connectivity index (χ1n) is 1.67. The number of alkyl halides is 3. The zero-order valence-corrected chi connectivity index (χ0v) is 4.69. The zero-order chi connectivity index (χ0) is 7.49. The molecule has 0 aliphatic rings. The first-order valence-corrected chi connectivity index (χ1v) is 2.49. The van der Waals surface area contributed by atoms with Crippen molar-refractivity contribution in [2.24, 2.45) is 0 Å². The molecule has 0 atom stereocenters. The van der Waals surface area contributed by atoms with Gasteiger partial charge in [-0.15, -0.1) is 0 Å². The predicted molar refractivity (Wildman–Crippen MR) is 23.9 cm³/mol. The first-order chi connectivity index (χ1) is 3.95. The lowest BCUT2D eigenvalue weighted by atomic mass is 11.1. The van der Waals surface area contributed by atoms with E-state index in [0.29, 0.717) is 0 Å². The van der Waals surface area contributed by atoms with Gasteiger partial charge in [0.05, 0.1) is 0 Å². The van der Waals surface area contributed by atoms with Crippen LogP contribution in [-0.4, -0.2) is 5.51 Å². The highest BCUT2D eigenvalue weighted by Crippen LogP contribution is 2.36. The maximum atomic E-state index is 11.4. The van der Waals surface area contributed by atoms with Crippen LogP contribution in [0, 0.1) is 0 Å². The molecule has 0 fully saturated rings. The molecule has 0 bridgehead atoms. The zero-order valence-electron chi connectivity index (χ0n) is 3.88. The quantitative estimate of drug-likeness (QED) is 0.537. The fraction of sp³-hybridized carbons (Fsp3) is 0.333. The molecule has 0 nitrogen and oxygen atoms in total. The minimum absolute atomic E-state index is 0.738. The molecule has 54 valence electrons. The SMILES string of the molecule is FC=C(F)SC(F)(F)F. The van der Waals surface area contributed by atoms with Crippen LogP contribution in [0.1, 0.15) is 0 Å². The van der Waals surface area contributed by atoms with Gasteiger partial charge in [-0.25, -0.2) is 4.39 Å². The topological polar surface area (TPSA) is 0 Å². The van der Waals surface area contributed by atoms with Crippen molar-refractivity contribution in [1.29, 1.82) is 0 Å². The Labute approximate surface area is 51.7 Å². The Morgan fingerprint density at radius 3 is 1.89 bits per heavy atom. The summed E-state index contributed by atoms with van der Waals surface area (Å²) in [6.45, 7) is 0. The van der Waals surface area contributed by atoms with Crippen LogP contribution in [0.15, 0.2) is 11.5 Å². The summed E-state index contributed by atoms with van der Waals surface area (Å²) in [5.74, 6) is 0. The van der Waals surface area contributed by atoms with E-state index in [-0.39, 0.29) is 0 Å². The molecule has 0 rings (SSSR count). The Kier molecular flexibility index (Phi) is 2.96. The van der Waals surface area contributed by atoms with Crippen LogP contribution in [-0.2, 0) is 0 Å². The third kappa shape index (κ3) is 5.61. The Morgan fingerprint density at radius 1 is 1.33 bits per heavy atom. The summed E-state index contributed by atoms with van der Waals surface area (Å²) in [4.78, 5) is 0. The van der Waals surface area contributed by atoms with E-state index in [0.717, 1.165) is 0 Å². The fourth-order valence-electron chi connectivity index (χ4n) is 0.133. The van der Waals surface area contributed by atoms with Crippen molar-refractivity contribution in [3.8, 4) is 0 Å². The van der Waals surface area contributed by atoms with Crippen molar-refractivity contribution in [3.05, 3.63) is 11.5 Å². The van der Waals surface area contributed by atoms with E-state index in [1.165, 1.54) is 0 Å². The van der Waals surface area contributed by atoms with Gasteiger partial charge < -0.3 is 0 Å². The van der Waals surface area contributed by atoms with Gasteiger partial charge in [0.2, 0.25) is 0 Å². The van der Waals surface area contributed by atoms with E-state index in [9.17, 15) is 22.0 Å². The van der Waals surface area contributed by atoms with Crippen molar-refractivity contribution in [3.63, 3.8) is 0 Å². The van der Waals surface area contributed by atoms with Crippen LogP contribution in [0.3, 0.4) is 0 Å². The molecule has 0 saturated carbocycles. The molecule has 9 heavy (non-hydrogen) atoms. The van der Waals surface area contributed by atoms with Gasteiger partial charge in [-0.1, -0.05) is 0 Å². The predicted octanol–water partition coefficient (Wildman–Crippen LogP) is 2.98. The lowest BCUT2D eigenvalue weighted by Gasteiger charge is -1.99. The summed E-state index contributed by atoms with van der Waals surface area (Å²) >= 11 is -1.12. The highest BCUT2D eigenvalue weighted by Gasteiger charge is 2.30. The largest absolute Gasteiger partial charge is 0.448 e. The van der Waals surface area contributed by atoms with Crippen LogP contribution in [0.4, 0.5) is 22.0 Å². The molecular formula is C3HF5S. The van der Waals surface area contributed by atoms with Crippen LogP contribution >= 0.6 is 11.8 Å². The molecule has 0 unspecified atom stereocenters.